The third-order valence-electron chi connectivity index (χ3n) is 2.71. The number of nitrogens with zero attached hydrogens (tertiary/aromatic N) is 1. The van der Waals surface area contributed by atoms with Crippen molar-refractivity contribution in [1.82, 2.24) is 15.5 Å². The van der Waals surface area contributed by atoms with Crippen LogP contribution in [0.1, 0.15) is 22.5 Å². The summed E-state index contributed by atoms with van der Waals surface area (Å²) in [5.74, 6) is -0.0120. The Morgan fingerprint density at radius 2 is 2.00 bits per heavy atom. The highest BCUT2D eigenvalue weighted by atomic mass is 16.1. The Labute approximate surface area is 106 Å². The van der Waals surface area contributed by atoms with Crippen LogP contribution >= 0.6 is 0 Å². The largest absolute Gasteiger partial charge is 0.352 e. The Bertz CT molecular complexity index is 528. The predicted molar refractivity (Wildman–Crippen MR) is 70.1 cm³/mol. The third kappa shape index (κ3) is 3.45. The molecular formula is C14H17N3O. The van der Waals surface area contributed by atoms with E-state index in [-0.39, 0.29) is 5.91 Å². The van der Waals surface area contributed by atoms with Crippen LogP contribution in [0.15, 0.2) is 30.3 Å². The lowest BCUT2D eigenvalue weighted by atomic mass is 10.1. The number of carbonyl (C=O) groups excluding carboxylic acids is 1. The smallest absolute Gasteiger partial charge is 0.226 e. The van der Waals surface area contributed by atoms with E-state index in [9.17, 15) is 4.79 Å². The van der Waals surface area contributed by atoms with Crippen LogP contribution in [-0.2, 0) is 17.8 Å². The van der Waals surface area contributed by atoms with Gasteiger partial charge in [-0.15, -0.1) is 0 Å². The molecule has 1 amide bonds. The number of aryl methyl sites for hydroxylation is 2. The fourth-order valence-electron chi connectivity index (χ4n) is 1.70. The number of aromatic nitrogens is 2. The zero-order chi connectivity index (χ0) is 13.0. The van der Waals surface area contributed by atoms with E-state index in [0.717, 1.165) is 17.0 Å². The van der Waals surface area contributed by atoms with E-state index in [1.807, 2.05) is 44.2 Å². The molecule has 0 aliphatic carbocycles. The summed E-state index contributed by atoms with van der Waals surface area (Å²) < 4.78 is 0. The molecule has 0 spiro atoms. The molecule has 4 heteroatoms. The zero-order valence-electron chi connectivity index (χ0n) is 10.7. The predicted octanol–water partition coefficient (Wildman–Crippen LogP) is 1.89. The second-order valence-corrected chi connectivity index (χ2v) is 4.48. The summed E-state index contributed by atoms with van der Waals surface area (Å²) >= 11 is 0. The number of carbonyl (C=O) groups is 1. The molecule has 2 aromatic rings. The number of rotatable bonds is 4. The van der Waals surface area contributed by atoms with Crippen molar-refractivity contribution in [2.75, 3.05) is 0 Å². The molecule has 1 aromatic heterocycles. The number of amides is 1. The van der Waals surface area contributed by atoms with Crippen molar-refractivity contribution in [3.63, 3.8) is 0 Å². The first kappa shape index (κ1) is 12.4. The van der Waals surface area contributed by atoms with Gasteiger partial charge < -0.3 is 5.32 Å². The van der Waals surface area contributed by atoms with Gasteiger partial charge in [-0.25, -0.2) is 0 Å². The molecule has 0 saturated carbocycles. The standard InChI is InChI=1S/C14H17N3O/c1-10-3-5-12(6-4-10)9-15-14(18)8-13-7-11(2)16-17-13/h3-7H,8-9H2,1-2H3,(H,15,18)(H,16,17). The maximum absolute atomic E-state index is 11.7. The molecule has 1 aromatic carbocycles. The van der Waals surface area contributed by atoms with E-state index in [4.69, 9.17) is 0 Å². The minimum Gasteiger partial charge on any atom is -0.352 e. The van der Waals surface area contributed by atoms with Gasteiger partial charge in [0.25, 0.3) is 0 Å². The normalized spacial score (nSPS) is 10.3. The number of hydrogen-bond donors (Lipinski definition) is 2. The third-order valence-corrected chi connectivity index (χ3v) is 2.71. The quantitative estimate of drug-likeness (QED) is 0.861. The summed E-state index contributed by atoms with van der Waals surface area (Å²) in [6.45, 7) is 4.52. The highest BCUT2D eigenvalue weighted by Crippen LogP contribution is 2.03. The summed E-state index contributed by atoms with van der Waals surface area (Å²) in [6.07, 6.45) is 0.316. The Balaban J connectivity index is 1.83. The van der Waals surface area contributed by atoms with Gasteiger partial charge in [0.15, 0.2) is 0 Å². The lowest BCUT2D eigenvalue weighted by molar-refractivity contribution is -0.120. The Hall–Kier alpha value is -2.10. The minimum absolute atomic E-state index is 0.0120. The number of aromatic amines is 1. The zero-order valence-corrected chi connectivity index (χ0v) is 10.7. The first-order chi connectivity index (χ1) is 8.63. The molecule has 18 heavy (non-hydrogen) atoms. The highest BCUT2D eigenvalue weighted by molar-refractivity contribution is 5.78. The van der Waals surface area contributed by atoms with Crippen LogP contribution in [0.2, 0.25) is 0 Å². The van der Waals surface area contributed by atoms with Crippen LogP contribution in [0.3, 0.4) is 0 Å². The van der Waals surface area contributed by atoms with Gasteiger partial charge in [0, 0.05) is 12.2 Å². The van der Waals surface area contributed by atoms with Crippen molar-refractivity contribution < 1.29 is 4.79 Å². The summed E-state index contributed by atoms with van der Waals surface area (Å²) in [6, 6.07) is 10.0. The van der Waals surface area contributed by atoms with Crippen molar-refractivity contribution in [1.29, 1.82) is 0 Å². The minimum atomic E-state index is -0.0120. The maximum Gasteiger partial charge on any atom is 0.226 e. The molecule has 0 radical (unpaired) electrons. The molecule has 2 rings (SSSR count). The molecule has 1 heterocycles. The number of benzene rings is 1. The van der Waals surface area contributed by atoms with Gasteiger partial charge in [-0.1, -0.05) is 29.8 Å². The van der Waals surface area contributed by atoms with E-state index in [1.54, 1.807) is 0 Å². The van der Waals surface area contributed by atoms with E-state index in [0.29, 0.717) is 13.0 Å². The summed E-state index contributed by atoms with van der Waals surface area (Å²) in [7, 11) is 0. The van der Waals surface area contributed by atoms with E-state index in [2.05, 4.69) is 15.5 Å². The summed E-state index contributed by atoms with van der Waals surface area (Å²) in [4.78, 5) is 11.7. The van der Waals surface area contributed by atoms with Crippen molar-refractivity contribution in [2.24, 2.45) is 0 Å². The lowest BCUT2D eigenvalue weighted by Crippen LogP contribution is -2.24. The first-order valence-corrected chi connectivity index (χ1v) is 5.96. The maximum atomic E-state index is 11.7. The van der Waals surface area contributed by atoms with Crippen LogP contribution in [-0.4, -0.2) is 16.1 Å². The Kier molecular flexibility index (Phi) is 3.77. The van der Waals surface area contributed by atoms with E-state index >= 15 is 0 Å². The molecule has 0 aliphatic heterocycles. The number of H-pyrrole nitrogens is 1. The van der Waals surface area contributed by atoms with Crippen molar-refractivity contribution >= 4 is 5.91 Å². The number of hydrogen-bond acceptors (Lipinski definition) is 2. The van der Waals surface area contributed by atoms with Gasteiger partial charge in [-0.2, -0.15) is 5.10 Å². The van der Waals surface area contributed by atoms with Gasteiger partial charge in [0.2, 0.25) is 5.91 Å². The Morgan fingerprint density at radius 3 is 2.61 bits per heavy atom. The Morgan fingerprint density at radius 1 is 1.28 bits per heavy atom. The van der Waals surface area contributed by atoms with Crippen LogP contribution in [0.5, 0.6) is 0 Å². The number of nitrogens with one attached hydrogen (secondary N) is 2. The van der Waals surface area contributed by atoms with Gasteiger partial charge in [0.1, 0.15) is 0 Å². The average Bonchev–Trinajstić information content (AvgIpc) is 2.74. The molecule has 0 bridgehead atoms. The second kappa shape index (κ2) is 5.49. The van der Waals surface area contributed by atoms with Gasteiger partial charge in [-0.3, -0.25) is 9.89 Å². The van der Waals surface area contributed by atoms with Crippen molar-refractivity contribution in [3.8, 4) is 0 Å². The van der Waals surface area contributed by atoms with Crippen molar-refractivity contribution in [3.05, 3.63) is 52.8 Å². The summed E-state index contributed by atoms with van der Waals surface area (Å²) in [5.41, 5.74) is 4.06. The molecule has 0 fully saturated rings. The molecule has 0 atom stereocenters. The first-order valence-electron chi connectivity index (χ1n) is 5.96. The van der Waals surface area contributed by atoms with Gasteiger partial charge in [-0.05, 0) is 25.5 Å². The lowest BCUT2D eigenvalue weighted by Gasteiger charge is -2.04. The highest BCUT2D eigenvalue weighted by Gasteiger charge is 2.05. The van der Waals surface area contributed by atoms with Gasteiger partial charge in [0.05, 0.1) is 12.1 Å². The molecule has 2 N–H and O–H groups in total. The van der Waals surface area contributed by atoms with Crippen LogP contribution in [0, 0.1) is 13.8 Å². The fourth-order valence-corrected chi connectivity index (χ4v) is 1.70. The monoisotopic (exact) mass is 243 g/mol. The van der Waals surface area contributed by atoms with E-state index < -0.39 is 0 Å². The van der Waals surface area contributed by atoms with Gasteiger partial charge >= 0.3 is 0 Å². The van der Waals surface area contributed by atoms with Crippen LogP contribution in [0.25, 0.3) is 0 Å². The topological polar surface area (TPSA) is 57.8 Å². The molecule has 4 nitrogen and oxygen atoms in total. The molecular weight excluding hydrogens is 226 g/mol. The SMILES string of the molecule is Cc1ccc(CNC(=O)Cc2cc(C)[nH]n2)cc1. The second-order valence-electron chi connectivity index (χ2n) is 4.48. The molecule has 94 valence electrons. The van der Waals surface area contributed by atoms with E-state index in [1.165, 1.54) is 5.56 Å². The molecule has 0 aliphatic rings. The molecule has 0 unspecified atom stereocenters. The fraction of sp³-hybridized carbons (Fsp3) is 0.286. The summed E-state index contributed by atoms with van der Waals surface area (Å²) in [5, 5.41) is 9.74. The van der Waals surface area contributed by atoms with Crippen molar-refractivity contribution in [2.45, 2.75) is 26.8 Å². The van der Waals surface area contributed by atoms with Crippen LogP contribution in [0.4, 0.5) is 0 Å². The average molecular weight is 243 g/mol. The molecule has 0 saturated heterocycles. The van der Waals surface area contributed by atoms with Crippen LogP contribution < -0.4 is 5.32 Å².